The predicted molar refractivity (Wildman–Crippen MR) is 105 cm³/mol. The van der Waals surface area contributed by atoms with Crippen LogP contribution in [0.1, 0.15) is 19.3 Å². The van der Waals surface area contributed by atoms with Gasteiger partial charge in [-0.2, -0.15) is 0 Å². The van der Waals surface area contributed by atoms with Crippen molar-refractivity contribution in [1.82, 2.24) is 20.3 Å². The number of thioether (sulfide) groups is 1. The van der Waals surface area contributed by atoms with Crippen LogP contribution in [0, 0.1) is 0 Å². The van der Waals surface area contributed by atoms with E-state index in [0.29, 0.717) is 0 Å². The molecule has 5 nitrogen and oxygen atoms in total. The Morgan fingerprint density at radius 1 is 1.17 bits per heavy atom. The molecule has 0 aromatic carbocycles. The van der Waals surface area contributed by atoms with E-state index in [1.165, 1.54) is 36.6 Å². The zero-order valence-corrected chi connectivity index (χ0v) is 15.7. The summed E-state index contributed by atoms with van der Waals surface area (Å²) in [7, 11) is 1.92. The van der Waals surface area contributed by atoms with Crippen LogP contribution < -0.4 is 10.6 Å². The Morgan fingerprint density at radius 3 is 2.58 bits per heavy atom. The van der Waals surface area contributed by atoms with Crippen LogP contribution in [-0.4, -0.2) is 41.3 Å². The van der Waals surface area contributed by atoms with Crippen LogP contribution >= 0.6 is 23.1 Å². The van der Waals surface area contributed by atoms with Crippen molar-refractivity contribution in [2.24, 2.45) is 0 Å². The molecule has 0 unspecified atom stereocenters. The van der Waals surface area contributed by atoms with Crippen LogP contribution in [0.4, 0.5) is 5.69 Å². The number of thiazole rings is 1. The normalized spacial score (nSPS) is 14.2. The molecule has 1 fully saturated rings. The zero-order chi connectivity index (χ0) is 16.8. The van der Waals surface area contributed by atoms with Gasteiger partial charge in [-0.25, -0.2) is 9.97 Å². The summed E-state index contributed by atoms with van der Waals surface area (Å²) in [5, 5.41) is 8.63. The lowest BCUT2D eigenvalue weighted by molar-refractivity contribution is 0.520. The fourth-order valence-corrected chi connectivity index (χ4v) is 4.11. The quantitative estimate of drug-likeness (QED) is 0.610. The van der Waals surface area contributed by atoms with Gasteiger partial charge in [0.05, 0.1) is 21.7 Å². The monoisotopic (exact) mass is 361 g/mol. The van der Waals surface area contributed by atoms with Crippen LogP contribution in [0.25, 0.3) is 21.6 Å². The summed E-state index contributed by atoms with van der Waals surface area (Å²) in [6.45, 7) is 2.50. The number of hydrogen-bond donors (Lipinski definition) is 3. The Morgan fingerprint density at radius 2 is 2.00 bits per heavy atom. The van der Waals surface area contributed by atoms with Crippen molar-refractivity contribution in [2.45, 2.75) is 23.5 Å². The Balaban J connectivity index is 0.000000238. The van der Waals surface area contributed by atoms with Gasteiger partial charge in [0.25, 0.3) is 0 Å². The van der Waals surface area contributed by atoms with Crippen molar-refractivity contribution in [3.8, 4) is 10.6 Å². The number of nitrogens with one attached hydrogen (secondary N) is 3. The molecule has 4 heterocycles. The van der Waals surface area contributed by atoms with Gasteiger partial charge in [0.15, 0.2) is 0 Å². The number of hydrogen-bond acceptors (Lipinski definition) is 6. The maximum Gasteiger partial charge on any atom is 0.139 e. The number of pyridine rings is 1. The number of piperidine rings is 1. The van der Waals surface area contributed by atoms with Gasteiger partial charge in [-0.1, -0.05) is 6.42 Å². The molecular formula is C17H23N5S2. The van der Waals surface area contributed by atoms with E-state index in [1.807, 2.05) is 31.7 Å². The molecule has 0 bridgehead atoms. The van der Waals surface area contributed by atoms with Gasteiger partial charge in [0.1, 0.15) is 10.7 Å². The Kier molecular flexibility index (Phi) is 6.12. The molecule has 0 saturated carbocycles. The molecule has 0 aliphatic carbocycles. The Labute approximate surface area is 150 Å². The molecule has 1 saturated heterocycles. The minimum absolute atomic E-state index is 0.893. The lowest BCUT2D eigenvalue weighted by atomic mass is 10.2. The van der Waals surface area contributed by atoms with E-state index in [9.17, 15) is 0 Å². The second-order valence-electron chi connectivity index (χ2n) is 5.54. The van der Waals surface area contributed by atoms with Gasteiger partial charge in [-0.15, -0.1) is 23.1 Å². The number of fused-ring (bicyclic) bond motifs is 1. The standard InChI is InChI=1S/C12H12N4S2.C5H11N/c1-13-10-7-3-4-14-11(7)15-5-8(10)12-16-6-9(17-2)18-12;1-2-4-6-5-3-1/h3-6H,1-2H3,(H2,13,14,15);6H,1-5H2. The fraction of sp³-hybridized carbons (Fsp3) is 0.412. The smallest absolute Gasteiger partial charge is 0.139 e. The second-order valence-corrected chi connectivity index (χ2v) is 7.67. The molecular weight excluding hydrogens is 338 g/mol. The lowest BCUT2D eigenvalue weighted by Crippen LogP contribution is -2.21. The highest BCUT2D eigenvalue weighted by molar-refractivity contribution is 8.00. The number of aromatic nitrogens is 3. The molecule has 24 heavy (non-hydrogen) atoms. The highest BCUT2D eigenvalue weighted by atomic mass is 32.2. The topological polar surface area (TPSA) is 65.6 Å². The van der Waals surface area contributed by atoms with Gasteiger partial charge in [-0.05, 0) is 38.3 Å². The van der Waals surface area contributed by atoms with E-state index in [2.05, 4.69) is 31.8 Å². The van der Waals surface area contributed by atoms with Gasteiger partial charge in [0.2, 0.25) is 0 Å². The first-order valence-electron chi connectivity index (χ1n) is 8.18. The minimum atomic E-state index is 0.893. The third-order valence-corrected chi connectivity index (χ3v) is 6.04. The number of anilines is 1. The first kappa shape index (κ1) is 17.3. The molecule has 0 radical (unpaired) electrons. The highest BCUT2D eigenvalue weighted by Gasteiger charge is 2.13. The van der Waals surface area contributed by atoms with Gasteiger partial charge in [0, 0.05) is 24.8 Å². The summed E-state index contributed by atoms with van der Waals surface area (Å²) < 4.78 is 1.21. The lowest BCUT2D eigenvalue weighted by Gasteiger charge is -2.08. The Bertz CT molecular complexity index is 765. The maximum absolute atomic E-state index is 4.46. The molecule has 0 spiro atoms. The van der Waals surface area contributed by atoms with Crippen molar-refractivity contribution in [2.75, 3.05) is 31.7 Å². The summed E-state index contributed by atoms with van der Waals surface area (Å²) in [5.41, 5.74) is 3.02. The van der Waals surface area contributed by atoms with Crippen molar-refractivity contribution < 1.29 is 0 Å². The van der Waals surface area contributed by atoms with Crippen LogP contribution in [0.5, 0.6) is 0 Å². The van der Waals surface area contributed by atoms with E-state index in [1.54, 1.807) is 23.1 Å². The number of nitrogens with zero attached hydrogens (tertiary/aromatic N) is 2. The first-order valence-corrected chi connectivity index (χ1v) is 10.2. The third kappa shape index (κ3) is 3.91. The third-order valence-electron chi connectivity index (χ3n) is 3.96. The van der Waals surface area contributed by atoms with Crippen molar-refractivity contribution in [3.05, 3.63) is 24.7 Å². The average molecular weight is 362 g/mol. The Hall–Kier alpha value is -1.57. The second kappa shape index (κ2) is 8.50. The molecule has 0 amide bonds. The molecule has 0 atom stereocenters. The molecule has 3 aromatic heterocycles. The van der Waals surface area contributed by atoms with Crippen molar-refractivity contribution >= 4 is 39.8 Å². The van der Waals surface area contributed by atoms with Crippen LogP contribution in [0.15, 0.2) is 28.9 Å². The van der Waals surface area contributed by atoms with Crippen molar-refractivity contribution in [1.29, 1.82) is 0 Å². The SMILES string of the molecule is C1CCNCC1.CNc1c(-c2ncc(SC)s2)cnc2[nH]ccc12. The average Bonchev–Trinajstić information content (AvgIpc) is 3.31. The predicted octanol–water partition coefficient (Wildman–Crippen LogP) is 4.21. The summed E-state index contributed by atoms with van der Waals surface area (Å²) in [5.74, 6) is 0. The molecule has 1 aliphatic rings. The van der Waals surface area contributed by atoms with E-state index in [0.717, 1.165) is 27.3 Å². The van der Waals surface area contributed by atoms with Gasteiger partial charge >= 0.3 is 0 Å². The molecule has 3 aromatic rings. The summed E-state index contributed by atoms with van der Waals surface area (Å²) in [6, 6.07) is 2.03. The maximum atomic E-state index is 4.46. The summed E-state index contributed by atoms with van der Waals surface area (Å²) in [4.78, 5) is 12.0. The largest absolute Gasteiger partial charge is 0.387 e. The van der Waals surface area contributed by atoms with E-state index in [4.69, 9.17) is 0 Å². The van der Waals surface area contributed by atoms with Gasteiger partial charge < -0.3 is 15.6 Å². The number of aromatic amines is 1. The fourth-order valence-electron chi connectivity index (χ4n) is 2.72. The van der Waals surface area contributed by atoms with Crippen LogP contribution in [-0.2, 0) is 0 Å². The molecule has 128 valence electrons. The first-order chi connectivity index (χ1) is 11.8. The molecule has 3 N–H and O–H groups in total. The molecule has 1 aliphatic heterocycles. The van der Waals surface area contributed by atoms with E-state index < -0.39 is 0 Å². The zero-order valence-electron chi connectivity index (χ0n) is 14.1. The molecule has 4 rings (SSSR count). The van der Waals surface area contributed by atoms with Gasteiger partial charge in [-0.3, -0.25) is 0 Å². The highest BCUT2D eigenvalue weighted by Crippen LogP contribution is 2.36. The van der Waals surface area contributed by atoms with Crippen LogP contribution in [0.2, 0.25) is 0 Å². The number of H-pyrrole nitrogens is 1. The molecule has 7 heteroatoms. The number of rotatable bonds is 3. The van der Waals surface area contributed by atoms with Crippen molar-refractivity contribution in [3.63, 3.8) is 0 Å². The van der Waals surface area contributed by atoms with E-state index >= 15 is 0 Å². The van der Waals surface area contributed by atoms with Crippen LogP contribution in [0.3, 0.4) is 0 Å². The minimum Gasteiger partial charge on any atom is -0.387 e. The van der Waals surface area contributed by atoms with E-state index in [-0.39, 0.29) is 0 Å². The summed E-state index contributed by atoms with van der Waals surface area (Å²) >= 11 is 3.40. The summed E-state index contributed by atoms with van der Waals surface area (Å²) in [6.07, 6.45) is 12.0.